The van der Waals surface area contributed by atoms with E-state index in [2.05, 4.69) is 58.6 Å². The van der Waals surface area contributed by atoms with Crippen molar-refractivity contribution in [2.45, 2.75) is 19.0 Å². The van der Waals surface area contributed by atoms with Crippen molar-refractivity contribution in [3.63, 3.8) is 0 Å². The highest BCUT2D eigenvalue weighted by atomic mass is 79.9. The summed E-state index contributed by atoms with van der Waals surface area (Å²) < 4.78 is 29.3. The third-order valence-electron chi connectivity index (χ3n) is 6.05. The van der Waals surface area contributed by atoms with Gasteiger partial charge in [0.15, 0.2) is 5.11 Å². The van der Waals surface area contributed by atoms with E-state index in [1.807, 2.05) is 61.7 Å². The van der Waals surface area contributed by atoms with Crippen LogP contribution in [0.3, 0.4) is 0 Å². The SMILES string of the molecule is Cc1cc(N2C(=S)N[C@H](c3ccccn3)[C@H]2c2cccn2-c2cccc(Br)c2)ccc1NS(C)(=O)=O. The van der Waals surface area contributed by atoms with Crippen LogP contribution in [-0.4, -0.2) is 29.3 Å². The first kappa shape index (κ1) is 24.5. The fourth-order valence-corrected chi connectivity index (χ4v) is 5.90. The third kappa shape index (κ3) is 4.88. The highest BCUT2D eigenvalue weighted by molar-refractivity contribution is 9.10. The lowest BCUT2D eigenvalue weighted by molar-refractivity contribution is 0.549. The number of aryl methyl sites for hydroxylation is 1. The number of nitrogens with zero attached hydrogens (tertiary/aromatic N) is 3. The van der Waals surface area contributed by atoms with E-state index in [4.69, 9.17) is 12.2 Å². The average Bonchev–Trinajstić information content (AvgIpc) is 3.44. The molecule has 36 heavy (non-hydrogen) atoms. The van der Waals surface area contributed by atoms with Crippen LogP contribution in [0.1, 0.15) is 29.0 Å². The average molecular weight is 583 g/mol. The monoisotopic (exact) mass is 581 g/mol. The molecule has 0 bridgehead atoms. The van der Waals surface area contributed by atoms with Crippen LogP contribution in [0.4, 0.5) is 11.4 Å². The molecule has 1 aliphatic heterocycles. The lowest BCUT2D eigenvalue weighted by Crippen LogP contribution is -2.30. The maximum absolute atomic E-state index is 11.8. The van der Waals surface area contributed by atoms with Gasteiger partial charge in [-0.15, -0.1) is 0 Å². The van der Waals surface area contributed by atoms with Gasteiger partial charge < -0.3 is 14.8 Å². The molecule has 0 aliphatic carbocycles. The van der Waals surface area contributed by atoms with E-state index in [-0.39, 0.29) is 12.1 Å². The van der Waals surface area contributed by atoms with Crippen LogP contribution >= 0.6 is 28.1 Å². The Bertz CT molecular complexity index is 1540. The number of pyridine rings is 1. The topological polar surface area (TPSA) is 79.3 Å². The Balaban J connectivity index is 1.64. The molecule has 10 heteroatoms. The fraction of sp³-hybridized carbons (Fsp3) is 0.154. The van der Waals surface area contributed by atoms with Crippen molar-refractivity contribution < 1.29 is 8.42 Å². The summed E-state index contributed by atoms with van der Waals surface area (Å²) >= 11 is 9.44. The molecule has 4 aromatic rings. The summed E-state index contributed by atoms with van der Waals surface area (Å²) in [6, 6.07) is 23.3. The van der Waals surface area contributed by atoms with Gasteiger partial charge in [-0.25, -0.2) is 8.42 Å². The van der Waals surface area contributed by atoms with E-state index < -0.39 is 10.0 Å². The summed E-state index contributed by atoms with van der Waals surface area (Å²) in [6.45, 7) is 1.87. The molecule has 0 amide bonds. The maximum atomic E-state index is 11.8. The standard InChI is InChI=1S/C26H24BrN5O2S2/c1-17-15-20(11-12-21(17)30-36(2,33)34)32-25(24(29-26(32)35)22-9-3-4-13-28-22)23-10-6-14-31(23)19-8-5-7-18(27)16-19/h3-16,24-25,30H,1-2H3,(H,29,35)/t24-,25-/m1/s1. The van der Waals surface area contributed by atoms with E-state index in [1.165, 1.54) is 0 Å². The Morgan fingerprint density at radius 2 is 1.86 bits per heavy atom. The minimum absolute atomic E-state index is 0.200. The first-order valence-corrected chi connectivity index (χ1v) is 14.3. The van der Waals surface area contributed by atoms with Crippen molar-refractivity contribution in [3.05, 3.63) is 107 Å². The molecule has 3 heterocycles. The van der Waals surface area contributed by atoms with Gasteiger partial charge in [-0.3, -0.25) is 9.71 Å². The largest absolute Gasteiger partial charge is 0.351 e. The molecule has 5 rings (SSSR count). The number of halogens is 1. The van der Waals surface area contributed by atoms with E-state index in [1.54, 1.807) is 12.3 Å². The molecular weight excluding hydrogens is 558 g/mol. The van der Waals surface area contributed by atoms with Gasteiger partial charge in [0.2, 0.25) is 10.0 Å². The Labute approximate surface area is 224 Å². The predicted molar refractivity (Wildman–Crippen MR) is 151 cm³/mol. The zero-order valence-electron chi connectivity index (χ0n) is 19.6. The number of hydrogen-bond acceptors (Lipinski definition) is 4. The molecular formula is C26H24BrN5O2S2. The second kappa shape index (κ2) is 9.68. The van der Waals surface area contributed by atoms with Crippen LogP contribution in [-0.2, 0) is 10.0 Å². The number of sulfonamides is 1. The first-order valence-electron chi connectivity index (χ1n) is 11.2. The second-order valence-electron chi connectivity index (χ2n) is 8.65. The van der Waals surface area contributed by atoms with E-state index in [0.29, 0.717) is 10.8 Å². The van der Waals surface area contributed by atoms with Gasteiger partial charge in [0.05, 0.1) is 23.7 Å². The molecule has 2 atom stereocenters. The van der Waals surface area contributed by atoms with Gasteiger partial charge >= 0.3 is 0 Å². The molecule has 0 spiro atoms. The van der Waals surface area contributed by atoms with Crippen LogP contribution in [0.25, 0.3) is 5.69 Å². The summed E-state index contributed by atoms with van der Waals surface area (Å²) in [5.41, 5.74) is 5.12. The van der Waals surface area contributed by atoms with Crippen molar-refractivity contribution >= 4 is 54.7 Å². The van der Waals surface area contributed by atoms with Crippen molar-refractivity contribution in [2.24, 2.45) is 0 Å². The van der Waals surface area contributed by atoms with Crippen molar-refractivity contribution in [2.75, 3.05) is 15.9 Å². The van der Waals surface area contributed by atoms with Gasteiger partial charge in [0, 0.05) is 33.9 Å². The lowest BCUT2D eigenvalue weighted by Gasteiger charge is -2.29. The molecule has 2 aromatic heterocycles. The number of thiocarbonyl (C=S) groups is 1. The Hall–Kier alpha value is -3.21. The van der Waals surface area contributed by atoms with E-state index >= 15 is 0 Å². The van der Waals surface area contributed by atoms with Crippen LogP contribution in [0, 0.1) is 6.92 Å². The molecule has 1 saturated heterocycles. The van der Waals surface area contributed by atoms with E-state index in [0.717, 1.165) is 39.1 Å². The Morgan fingerprint density at radius 1 is 1.03 bits per heavy atom. The second-order valence-corrected chi connectivity index (χ2v) is 11.7. The number of aromatic nitrogens is 2. The van der Waals surface area contributed by atoms with E-state index in [9.17, 15) is 8.42 Å². The fourth-order valence-electron chi connectivity index (χ4n) is 4.54. The molecule has 2 N–H and O–H groups in total. The molecule has 0 unspecified atom stereocenters. The predicted octanol–water partition coefficient (Wildman–Crippen LogP) is 5.49. The minimum Gasteiger partial charge on any atom is -0.351 e. The number of benzene rings is 2. The van der Waals surface area contributed by atoms with Crippen molar-refractivity contribution in [3.8, 4) is 5.69 Å². The smallest absolute Gasteiger partial charge is 0.229 e. The number of hydrogen-bond donors (Lipinski definition) is 2. The molecule has 7 nitrogen and oxygen atoms in total. The highest BCUT2D eigenvalue weighted by Crippen LogP contribution is 2.43. The lowest BCUT2D eigenvalue weighted by atomic mass is 10.0. The van der Waals surface area contributed by atoms with Crippen LogP contribution < -0.4 is 14.9 Å². The highest BCUT2D eigenvalue weighted by Gasteiger charge is 2.42. The minimum atomic E-state index is -3.39. The van der Waals surface area contributed by atoms with Crippen LogP contribution in [0.15, 0.2) is 89.7 Å². The number of nitrogens with one attached hydrogen (secondary N) is 2. The van der Waals surface area contributed by atoms with Gasteiger partial charge in [-0.05, 0) is 85.4 Å². The molecule has 1 fully saturated rings. The van der Waals surface area contributed by atoms with Gasteiger partial charge in [0.1, 0.15) is 6.04 Å². The zero-order chi connectivity index (χ0) is 25.4. The first-order chi connectivity index (χ1) is 17.2. The zero-order valence-corrected chi connectivity index (χ0v) is 22.8. The number of rotatable bonds is 6. The van der Waals surface area contributed by atoms with Gasteiger partial charge in [0.25, 0.3) is 0 Å². The molecule has 0 radical (unpaired) electrons. The number of anilines is 2. The Kier molecular flexibility index (Phi) is 6.59. The van der Waals surface area contributed by atoms with Crippen LogP contribution in [0.2, 0.25) is 0 Å². The van der Waals surface area contributed by atoms with Crippen molar-refractivity contribution in [1.82, 2.24) is 14.9 Å². The molecule has 2 aromatic carbocycles. The van der Waals surface area contributed by atoms with Crippen molar-refractivity contribution in [1.29, 1.82) is 0 Å². The Morgan fingerprint density at radius 3 is 2.56 bits per heavy atom. The summed E-state index contributed by atoms with van der Waals surface area (Å²) in [7, 11) is -3.39. The summed E-state index contributed by atoms with van der Waals surface area (Å²) in [5, 5.41) is 4.05. The summed E-state index contributed by atoms with van der Waals surface area (Å²) in [6.07, 6.45) is 4.96. The normalized spacial score (nSPS) is 17.8. The molecule has 184 valence electrons. The quantitative estimate of drug-likeness (QED) is 0.293. The van der Waals surface area contributed by atoms with Crippen LogP contribution in [0.5, 0.6) is 0 Å². The molecule has 1 aliphatic rings. The van der Waals surface area contributed by atoms with Gasteiger partial charge in [-0.2, -0.15) is 0 Å². The summed E-state index contributed by atoms with van der Waals surface area (Å²) in [5.74, 6) is 0. The summed E-state index contributed by atoms with van der Waals surface area (Å²) in [4.78, 5) is 6.71. The third-order valence-corrected chi connectivity index (χ3v) is 7.45. The molecule has 0 saturated carbocycles. The maximum Gasteiger partial charge on any atom is 0.229 e. The van der Waals surface area contributed by atoms with Gasteiger partial charge in [-0.1, -0.05) is 28.1 Å².